The Balaban J connectivity index is 0.000000164. The lowest BCUT2D eigenvalue weighted by atomic mass is 9.97. The van der Waals surface area contributed by atoms with Gasteiger partial charge in [0.05, 0.1) is 17.8 Å². The van der Waals surface area contributed by atoms with Crippen molar-refractivity contribution >= 4 is 17.8 Å². The van der Waals surface area contributed by atoms with E-state index < -0.39 is 5.97 Å². The fourth-order valence-corrected chi connectivity index (χ4v) is 9.74. The van der Waals surface area contributed by atoms with Gasteiger partial charge in [0.15, 0.2) is 0 Å². The number of hydrogen-bond acceptors (Lipinski definition) is 10. The van der Waals surface area contributed by atoms with Crippen molar-refractivity contribution in [2.45, 2.75) is 102 Å². The first kappa shape index (κ1) is 54.9. The molecule has 10 N–H and O–H groups in total. The van der Waals surface area contributed by atoms with Gasteiger partial charge in [0.1, 0.15) is 0 Å². The SMILES string of the molecule is NC(=O)C1CCCN(Cc2ccccc2)C1.NC(=O)C1CCCN(Cc2ccccc2)C1.NC1CCCN(Cc2ccccc2)C1.NC1CCCNC1.O=C(O)C1CCCN(Cc2ccccc2)C1. The zero-order valence-electron chi connectivity index (χ0n) is 41.2. The molecule has 5 atom stereocenters. The average molecular weight is 946 g/mol. The monoisotopic (exact) mass is 946 g/mol. The van der Waals surface area contributed by atoms with Crippen LogP contribution in [0.1, 0.15) is 86.5 Å². The maximum absolute atomic E-state index is 11.1. The Labute approximate surface area is 413 Å². The molecule has 5 fully saturated rings. The van der Waals surface area contributed by atoms with Gasteiger partial charge in [-0.25, -0.2) is 0 Å². The van der Waals surface area contributed by atoms with Crippen molar-refractivity contribution in [3.63, 3.8) is 0 Å². The summed E-state index contributed by atoms with van der Waals surface area (Å²) in [5, 5.41) is 12.2. The summed E-state index contributed by atoms with van der Waals surface area (Å²) in [5.74, 6) is -1.07. The molecule has 376 valence electrons. The standard InChI is InChI=1S/2C13H18N2O.C13H17NO2.C12H18N2.C5H12N2/c2*14-13(16)12-7-4-8-15(10-12)9-11-5-2-1-3-6-11;15-13(16)12-7-4-8-14(10-12)9-11-5-2-1-3-6-11;13-12-7-4-8-14(10-12)9-11-5-2-1-3-6-11;6-5-2-1-3-7-4-5/h2*1-3,5-6,12H,4,7-10H2,(H2,14,16);1-3,5-6,12H,4,7-10H2,(H,15,16);1-3,5-6,12H,4,7-10,13H2;5,7H,1-4,6H2. The molecule has 5 aliphatic rings. The van der Waals surface area contributed by atoms with E-state index in [4.69, 9.17) is 28.0 Å². The van der Waals surface area contributed by atoms with E-state index in [2.05, 4.69) is 91.6 Å². The van der Waals surface area contributed by atoms with E-state index in [9.17, 15) is 14.4 Å². The quantitative estimate of drug-likeness (QED) is 0.102. The van der Waals surface area contributed by atoms with E-state index in [1.165, 1.54) is 54.5 Å². The van der Waals surface area contributed by atoms with E-state index in [1.54, 1.807) is 0 Å². The van der Waals surface area contributed by atoms with Gasteiger partial charge in [-0.1, -0.05) is 121 Å². The third kappa shape index (κ3) is 22.1. The molecular weight excluding hydrogens is 863 g/mol. The van der Waals surface area contributed by atoms with E-state index >= 15 is 0 Å². The molecule has 4 aromatic carbocycles. The van der Waals surface area contributed by atoms with Crippen LogP contribution in [0, 0.1) is 17.8 Å². The fraction of sp³-hybridized carbons (Fsp3) is 0.518. The molecule has 0 saturated carbocycles. The number of likely N-dealkylation sites (tertiary alicyclic amines) is 4. The Hall–Kier alpha value is -4.99. The predicted octanol–water partition coefficient (Wildman–Crippen LogP) is 6.06. The molecule has 0 radical (unpaired) electrons. The van der Waals surface area contributed by atoms with Gasteiger partial charge in [0.2, 0.25) is 11.8 Å². The van der Waals surface area contributed by atoms with Gasteiger partial charge in [-0.2, -0.15) is 0 Å². The first-order valence-corrected chi connectivity index (χ1v) is 25.6. The first-order valence-electron chi connectivity index (χ1n) is 25.6. The van der Waals surface area contributed by atoms with Crippen LogP contribution in [0.5, 0.6) is 0 Å². The number of aliphatic carboxylic acids is 1. The molecule has 13 nitrogen and oxygen atoms in total. The molecular formula is C56H83N9O4. The van der Waals surface area contributed by atoms with Crippen molar-refractivity contribution in [1.29, 1.82) is 0 Å². The summed E-state index contributed by atoms with van der Waals surface area (Å²) >= 11 is 0. The number of rotatable bonds is 11. The Kier molecular flexibility index (Phi) is 24.9. The minimum Gasteiger partial charge on any atom is -0.481 e. The number of amides is 2. The fourth-order valence-electron chi connectivity index (χ4n) is 9.74. The molecule has 5 saturated heterocycles. The number of carbonyl (C=O) groups excluding carboxylic acids is 2. The topological polar surface area (TPSA) is 201 Å². The number of piperidine rings is 5. The maximum atomic E-state index is 11.1. The molecule has 9 rings (SSSR count). The molecule has 0 bridgehead atoms. The van der Waals surface area contributed by atoms with Crippen LogP contribution >= 0.6 is 0 Å². The van der Waals surface area contributed by atoms with Crippen molar-refractivity contribution in [3.05, 3.63) is 144 Å². The number of benzene rings is 4. The number of carbonyl (C=O) groups is 3. The van der Waals surface area contributed by atoms with Crippen LogP contribution in [0.25, 0.3) is 0 Å². The third-order valence-electron chi connectivity index (χ3n) is 13.5. The van der Waals surface area contributed by atoms with Gasteiger partial charge >= 0.3 is 5.97 Å². The van der Waals surface area contributed by atoms with Crippen LogP contribution in [0.2, 0.25) is 0 Å². The zero-order chi connectivity index (χ0) is 49.1. The Morgan fingerprint density at radius 2 is 0.768 bits per heavy atom. The summed E-state index contributed by atoms with van der Waals surface area (Å²) in [6, 6.07) is 42.3. The zero-order valence-corrected chi connectivity index (χ0v) is 41.2. The maximum Gasteiger partial charge on any atom is 0.307 e. The Morgan fingerprint density at radius 3 is 1.06 bits per heavy atom. The highest BCUT2D eigenvalue weighted by Crippen LogP contribution is 2.21. The summed E-state index contributed by atoms with van der Waals surface area (Å²) in [4.78, 5) is 42.5. The highest BCUT2D eigenvalue weighted by molar-refractivity contribution is 5.77. The number of primary amides is 2. The second-order valence-electron chi connectivity index (χ2n) is 19.6. The average Bonchev–Trinajstić information content (AvgIpc) is 3.37. The number of carboxylic acid groups (broad SMARTS) is 1. The van der Waals surface area contributed by atoms with Gasteiger partial charge < -0.3 is 33.4 Å². The minimum atomic E-state index is -0.655. The van der Waals surface area contributed by atoms with Crippen LogP contribution in [0.3, 0.4) is 0 Å². The molecule has 2 amide bonds. The van der Waals surface area contributed by atoms with Gasteiger partial charge in [-0.3, -0.25) is 34.0 Å². The summed E-state index contributed by atoms with van der Waals surface area (Å²) in [6.45, 7) is 13.6. The second-order valence-corrected chi connectivity index (χ2v) is 19.6. The minimum absolute atomic E-state index is 0.0393. The number of carboxylic acids is 1. The molecule has 5 heterocycles. The van der Waals surface area contributed by atoms with Crippen molar-refractivity contribution in [3.8, 4) is 0 Å². The summed E-state index contributed by atoms with van der Waals surface area (Å²) in [7, 11) is 0. The van der Waals surface area contributed by atoms with Gasteiger partial charge in [-0.15, -0.1) is 0 Å². The summed E-state index contributed by atoms with van der Waals surface area (Å²) < 4.78 is 0. The van der Waals surface area contributed by atoms with E-state index in [1.807, 2.05) is 54.6 Å². The molecule has 5 aliphatic heterocycles. The Bertz CT molecular complexity index is 1840. The molecule has 4 aromatic rings. The third-order valence-corrected chi connectivity index (χ3v) is 13.5. The number of hydrogen-bond donors (Lipinski definition) is 6. The molecule has 0 aromatic heterocycles. The van der Waals surface area contributed by atoms with Crippen molar-refractivity contribution < 1.29 is 19.5 Å². The van der Waals surface area contributed by atoms with Gasteiger partial charge in [0, 0.05) is 71.0 Å². The van der Waals surface area contributed by atoms with Crippen molar-refractivity contribution in [2.24, 2.45) is 40.7 Å². The van der Waals surface area contributed by atoms with Crippen LogP contribution in [-0.2, 0) is 40.6 Å². The van der Waals surface area contributed by atoms with Gasteiger partial charge in [0.25, 0.3) is 0 Å². The summed E-state index contributed by atoms with van der Waals surface area (Å²) in [6.07, 6.45) is 10.7. The van der Waals surface area contributed by atoms with Crippen LogP contribution in [0.4, 0.5) is 0 Å². The van der Waals surface area contributed by atoms with Crippen LogP contribution in [0.15, 0.2) is 121 Å². The highest BCUT2D eigenvalue weighted by Gasteiger charge is 2.26. The van der Waals surface area contributed by atoms with Crippen LogP contribution in [-0.4, -0.2) is 120 Å². The first-order chi connectivity index (χ1) is 33.5. The van der Waals surface area contributed by atoms with E-state index in [-0.39, 0.29) is 29.6 Å². The highest BCUT2D eigenvalue weighted by atomic mass is 16.4. The number of nitrogens with one attached hydrogen (secondary N) is 1. The molecule has 0 aliphatic carbocycles. The van der Waals surface area contributed by atoms with Crippen LogP contribution < -0.4 is 28.3 Å². The van der Waals surface area contributed by atoms with E-state index in [0.29, 0.717) is 18.6 Å². The predicted molar refractivity (Wildman–Crippen MR) is 278 cm³/mol. The lowest BCUT2D eigenvalue weighted by Crippen LogP contribution is -2.42. The van der Waals surface area contributed by atoms with Crippen molar-refractivity contribution in [1.82, 2.24) is 24.9 Å². The van der Waals surface area contributed by atoms with Gasteiger partial charge in [-0.05, 0) is 119 Å². The Morgan fingerprint density at radius 1 is 0.449 bits per heavy atom. The number of nitrogens with two attached hydrogens (primary N) is 4. The largest absolute Gasteiger partial charge is 0.481 e. The molecule has 13 heteroatoms. The van der Waals surface area contributed by atoms with E-state index in [0.717, 1.165) is 117 Å². The lowest BCUT2D eigenvalue weighted by Gasteiger charge is -2.31. The number of nitrogens with zero attached hydrogens (tertiary/aromatic N) is 4. The smallest absolute Gasteiger partial charge is 0.307 e. The molecule has 5 unspecified atom stereocenters. The normalized spacial score (nSPS) is 23.4. The summed E-state index contributed by atoms with van der Waals surface area (Å²) in [5.41, 5.74) is 27.5. The second kappa shape index (κ2) is 31.3. The van der Waals surface area contributed by atoms with Crippen molar-refractivity contribution in [2.75, 3.05) is 65.4 Å². The molecule has 0 spiro atoms. The lowest BCUT2D eigenvalue weighted by molar-refractivity contribution is -0.143. The molecule has 69 heavy (non-hydrogen) atoms.